The van der Waals surface area contributed by atoms with Crippen LogP contribution in [0.15, 0.2) is 12.1 Å². The Balaban J connectivity index is 2.79. The van der Waals surface area contributed by atoms with Crippen LogP contribution in [0.4, 0.5) is 4.39 Å². The minimum absolute atomic E-state index is 0.0728. The number of phenolic OH excluding ortho intramolecular Hbond substituents is 2. The van der Waals surface area contributed by atoms with Crippen LogP contribution in [-0.2, 0) is 6.42 Å². The molecule has 0 aliphatic rings. The van der Waals surface area contributed by atoms with Gasteiger partial charge in [-0.1, -0.05) is 19.8 Å². The molecule has 0 aromatic heterocycles. The minimum Gasteiger partial charge on any atom is -0.508 e. The topological polar surface area (TPSA) is 40.5 Å². The highest BCUT2D eigenvalue weighted by Crippen LogP contribution is 2.28. The molecular formula is C11H15FO2. The molecule has 1 aromatic carbocycles. The monoisotopic (exact) mass is 198 g/mol. The van der Waals surface area contributed by atoms with E-state index in [4.69, 9.17) is 5.11 Å². The fourth-order valence-corrected chi connectivity index (χ4v) is 1.39. The number of rotatable bonds is 4. The van der Waals surface area contributed by atoms with Crippen molar-refractivity contribution in [2.75, 3.05) is 0 Å². The van der Waals surface area contributed by atoms with E-state index in [2.05, 4.69) is 6.92 Å². The average molecular weight is 198 g/mol. The van der Waals surface area contributed by atoms with Crippen molar-refractivity contribution < 1.29 is 14.6 Å². The summed E-state index contributed by atoms with van der Waals surface area (Å²) < 4.78 is 13.3. The van der Waals surface area contributed by atoms with Crippen LogP contribution in [-0.4, -0.2) is 10.2 Å². The van der Waals surface area contributed by atoms with Gasteiger partial charge in [-0.2, -0.15) is 0 Å². The van der Waals surface area contributed by atoms with Gasteiger partial charge in [-0.25, -0.2) is 4.39 Å². The highest BCUT2D eigenvalue weighted by atomic mass is 19.1. The molecule has 0 saturated heterocycles. The molecule has 0 fully saturated rings. The first-order valence-corrected chi connectivity index (χ1v) is 4.86. The smallest absolute Gasteiger partial charge is 0.171 e. The van der Waals surface area contributed by atoms with Crippen molar-refractivity contribution in [3.05, 3.63) is 23.5 Å². The molecule has 0 heterocycles. The van der Waals surface area contributed by atoms with Crippen LogP contribution in [0.2, 0.25) is 0 Å². The maximum atomic E-state index is 13.3. The third-order valence-corrected chi connectivity index (χ3v) is 2.23. The second-order valence-electron chi connectivity index (χ2n) is 3.35. The van der Waals surface area contributed by atoms with E-state index in [1.807, 2.05) is 0 Å². The Kier molecular flexibility index (Phi) is 3.74. The van der Waals surface area contributed by atoms with E-state index in [9.17, 15) is 9.50 Å². The van der Waals surface area contributed by atoms with Crippen molar-refractivity contribution in [3.63, 3.8) is 0 Å². The van der Waals surface area contributed by atoms with Crippen molar-refractivity contribution >= 4 is 0 Å². The van der Waals surface area contributed by atoms with Gasteiger partial charge in [0.05, 0.1) is 0 Å². The Hall–Kier alpha value is -1.25. The molecule has 0 spiro atoms. The lowest BCUT2D eigenvalue weighted by molar-refractivity contribution is 0.412. The molecule has 1 rings (SSSR count). The summed E-state index contributed by atoms with van der Waals surface area (Å²) in [5, 5.41) is 18.5. The number of unbranched alkanes of at least 4 members (excludes halogenated alkanes) is 2. The second kappa shape index (κ2) is 4.84. The van der Waals surface area contributed by atoms with Gasteiger partial charge in [0.2, 0.25) is 0 Å². The SMILES string of the molecule is CCCCCc1c(O)ccc(O)c1F. The summed E-state index contributed by atoms with van der Waals surface area (Å²) in [5.41, 5.74) is 0.221. The molecule has 1 aromatic rings. The van der Waals surface area contributed by atoms with Crippen molar-refractivity contribution in [1.29, 1.82) is 0 Å². The zero-order valence-electron chi connectivity index (χ0n) is 8.26. The van der Waals surface area contributed by atoms with Gasteiger partial charge >= 0.3 is 0 Å². The molecule has 0 amide bonds. The third kappa shape index (κ3) is 2.37. The lowest BCUT2D eigenvalue weighted by atomic mass is 10.1. The summed E-state index contributed by atoms with van der Waals surface area (Å²) in [6.07, 6.45) is 3.33. The molecule has 0 unspecified atom stereocenters. The molecule has 0 aliphatic carbocycles. The normalized spacial score (nSPS) is 10.4. The number of hydrogen-bond donors (Lipinski definition) is 2. The summed E-state index contributed by atoms with van der Waals surface area (Å²) in [6, 6.07) is 2.48. The molecule has 78 valence electrons. The zero-order chi connectivity index (χ0) is 10.6. The number of hydrogen-bond acceptors (Lipinski definition) is 2. The van der Waals surface area contributed by atoms with Crippen molar-refractivity contribution in [3.8, 4) is 11.5 Å². The van der Waals surface area contributed by atoms with E-state index in [0.29, 0.717) is 6.42 Å². The molecule has 2 nitrogen and oxygen atoms in total. The first-order valence-electron chi connectivity index (χ1n) is 4.86. The van der Waals surface area contributed by atoms with Crippen LogP contribution >= 0.6 is 0 Å². The summed E-state index contributed by atoms with van der Waals surface area (Å²) in [7, 11) is 0. The van der Waals surface area contributed by atoms with Gasteiger partial charge in [-0.3, -0.25) is 0 Å². The lowest BCUT2D eigenvalue weighted by Crippen LogP contribution is -1.92. The van der Waals surface area contributed by atoms with Crippen LogP contribution in [0.1, 0.15) is 31.7 Å². The van der Waals surface area contributed by atoms with Crippen molar-refractivity contribution in [2.24, 2.45) is 0 Å². The average Bonchev–Trinajstić information content (AvgIpc) is 2.18. The predicted octanol–water partition coefficient (Wildman–Crippen LogP) is 2.97. The maximum absolute atomic E-state index is 13.3. The quantitative estimate of drug-likeness (QED) is 0.576. The molecule has 0 saturated carbocycles. The summed E-state index contributed by atoms with van der Waals surface area (Å²) in [5.74, 6) is -1.16. The number of phenols is 2. The van der Waals surface area contributed by atoms with Crippen LogP contribution < -0.4 is 0 Å². The van der Waals surface area contributed by atoms with Crippen LogP contribution in [0, 0.1) is 5.82 Å². The summed E-state index contributed by atoms with van der Waals surface area (Å²) in [6.45, 7) is 2.05. The van der Waals surface area contributed by atoms with Gasteiger partial charge in [-0.15, -0.1) is 0 Å². The first-order chi connectivity index (χ1) is 6.66. The van der Waals surface area contributed by atoms with Crippen molar-refractivity contribution in [1.82, 2.24) is 0 Å². The standard InChI is InChI=1S/C11H15FO2/c1-2-3-4-5-8-9(13)6-7-10(14)11(8)12/h6-7,13-14H,2-5H2,1H3. The number of aromatic hydroxyl groups is 2. The molecule has 3 heteroatoms. The van der Waals surface area contributed by atoms with E-state index in [0.717, 1.165) is 25.3 Å². The van der Waals surface area contributed by atoms with Crippen LogP contribution in [0.5, 0.6) is 11.5 Å². The molecular weight excluding hydrogens is 183 g/mol. The van der Waals surface area contributed by atoms with Gasteiger partial charge in [-0.05, 0) is 25.0 Å². The van der Waals surface area contributed by atoms with E-state index in [-0.39, 0.29) is 11.3 Å². The third-order valence-electron chi connectivity index (χ3n) is 2.23. The van der Waals surface area contributed by atoms with Gasteiger partial charge in [0, 0.05) is 5.56 Å². The van der Waals surface area contributed by atoms with E-state index in [1.54, 1.807) is 0 Å². The molecule has 0 atom stereocenters. The highest BCUT2D eigenvalue weighted by Gasteiger charge is 2.11. The molecule has 0 bridgehead atoms. The zero-order valence-corrected chi connectivity index (χ0v) is 8.26. The van der Waals surface area contributed by atoms with Gasteiger partial charge in [0.25, 0.3) is 0 Å². The first kappa shape index (κ1) is 10.8. The fraction of sp³-hybridized carbons (Fsp3) is 0.455. The van der Waals surface area contributed by atoms with Gasteiger partial charge < -0.3 is 10.2 Å². The van der Waals surface area contributed by atoms with Crippen LogP contribution in [0.3, 0.4) is 0 Å². The molecule has 0 radical (unpaired) electrons. The predicted molar refractivity (Wildman–Crippen MR) is 53.0 cm³/mol. The largest absolute Gasteiger partial charge is 0.508 e. The Labute approximate surface area is 83.0 Å². The summed E-state index contributed by atoms with van der Waals surface area (Å²) >= 11 is 0. The van der Waals surface area contributed by atoms with Gasteiger partial charge in [0.1, 0.15) is 5.75 Å². The molecule has 2 N–H and O–H groups in total. The minimum atomic E-state index is -0.693. The molecule has 14 heavy (non-hydrogen) atoms. The molecule has 0 aliphatic heterocycles. The second-order valence-corrected chi connectivity index (χ2v) is 3.35. The number of benzene rings is 1. The highest BCUT2D eigenvalue weighted by molar-refractivity contribution is 5.40. The Morgan fingerprint density at radius 3 is 2.43 bits per heavy atom. The fourth-order valence-electron chi connectivity index (χ4n) is 1.39. The van der Waals surface area contributed by atoms with E-state index < -0.39 is 11.6 Å². The summed E-state index contributed by atoms with van der Waals surface area (Å²) in [4.78, 5) is 0. The van der Waals surface area contributed by atoms with Crippen LogP contribution in [0.25, 0.3) is 0 Å². The van der Waals surface area contributed by atoms with Gasteiger partial charge in [0.15, 0.2) is 11.6 Å². The van der Waals surface area contributed by atoms with E-state index in [1.165, 1.54) is 6.07 Å². The Morgan fingerprint density at radius 1 is 1.14 bits per heavy atom. The maximum Gasteiger partial charge on any atom is 0.171 e. The van der Waals surface area contributed by atoms with Crippen molar-refractivity contribution in [2.45, 2.75) is 32.6 Å². The Morgan fingerprint density at radius 2 is 1.79 bits per heavy atom. The Bertz CT molecular complexity index is 310. The van der Waals surface area contributed by atoms with E-state index >= 15 is 0 Å². The number of halogens is 1. The lowest BCUT2D eigenvalue weighted by Gasteiger charge is -2.06.